The van der Waals surface area contributed by atoms with Crippen LogP contribution in [0.4, 0.5) is 0 Å². The standard InChI is InChI=1S/C8H16N2O/c1-3-4-5-8(11)10-7(2)6-9/h3,7H,1,4-6,9H2,2H3,(H,10,11). The molecular formula is C8H16N2O. The van der Waals surface area contributed by atoms with Gasteiger partial charge in [0.2, 0.25) is 5.91 Å². The highest BCUT2D eigenvalue weighted by Crippen LogP contribution is 1.89. The fourth-order valence-electron chi connectivity index (χ4n) is 0.639. The Morgan fingerprint density at radius 2 is 2.45 bits per heavy atom. The molecular weight excluding hydrogens is 140 g/mol. The SMILES string of the molecule is C=CCCC(=O)NC(C)CN. The molecule has 0 aromatic carbocycles. The molecule has 64 valence electrons. The highest BCUT2D eigenvalue weighted by Gasteiger charge is 2.02. The number of amides is 1. The average molecular weight is 156 g/mol. The molecule has 0 heterocycles. The van der Waals surface area contributed by atoms with Gasteiger partial charge in [-0.3, -0.25) is 4.79 Å². The van der Waals surface area contributed by atoms with Crippen molar-refractivity contribution in [2.75, 3.05) is 6.54 Å². The average Bonchev–Trinajstić information content (AvgIpc) is 2.00. The Kier molecular flexibility index (Phi) is 5.47. The Bertz CT molecular complexity index is 134. The molecule has 0 fully saturated rings. The van der Waals surface area contributed by atoms with Crippen LogP contribution in [0, 0.1) is 0 Å². The van der Waals surface area contributed by atoms with E-state index < -0.39 is 0 Å². The molecule has 3 N–H and O–H groups in total. The van der Waals surface area contributed by atoms with Gasteiger partial charge in [-0.2, -0.15) is 0 Å². The van der Waals surface area contributed by atoms with E-state index in [2.05, 4.69) is 11.9 Å². The zero-order valence-corrected chi connectivity index (χ0v) is 6.97. The summed E-state index contributed by atoms with van der Waals surface area (Å²) in [5, 5.41) is 2.75. The minimum Gasteiger partial charge on any atom is -0.352 e. The maximum absolute atomic E-state index is 11.0. The van der Waals surface area contributed by atoms with Crippen LogP contribution in [0.2, 0.25) is 0 Å². The van der Waals surface area contributed by atoms with Gasteiger partial charge in [-0.1, -0.05) is 6.08 Å². The van der Waals surface area contributed by atoms with Crippen molar-refractivity contribution in [3.63, 3.8) is 0 Å². The Morgan fingerprint density at radius 1 is 1.82 bits per heavy atom. The van der Waals surface area contributed by atoms with Crippen LogP contribution in [0.15, 0.2) is 12.7 Å². The molecule has 0 spiro atoms. The lowest BCUT2D eigenvalue weighted by molar-refractivity contribution is -0.121. The molecule has 3 heteroatoms. The predicted molar refractivity (Wildman–Crippen MR) is 46.1 cm³/mol. The Hall–Kier alpha value is -0.830. The maximum atomic E-state index is 11.0. The topological polar surface area (TPSA) is 55.1 Å². The molecule has 0 aliphatic rings. The molecule has 3 nitrogen and oxygen atoms in total. The summed E-state index contributed by atoms with van der Waals surface area (Å²) in [7, 11) is 0. The van der Waals surface area contributed by atoms with Crippen molar-refractivity contribution in [2.45, 2.75) is 25.8 Å². The van der Waals surface area contributed by atoms with E-state index in [9.17, 15) is 4.79 Å². The lowest BCUT2D eigenvalue weighted by Crippen LogP contribution is -2.37. The van der Waals surface area contributed by atoms with E-state index >= 15 is 0 Å². The highest BCUT2D eigenvalue weighted by atomic mass is 16.1. The third-order valence-corrected chi connectivity index (χ3v) is 1.34. The van der Waals surface area contributed by atoms with Crippen molar-refractivity contribution in [3.8, 4) is 0 Å². The minimum absolute atomic E-state index is 0.0443. The van der Waals surface area contributed by atoms with Crippen LogP contribution in [0.25, 0.3) is 0 Å². The third-order valence-electron chi connectivity index (χ3n) is 1.34. The van der Waals surface area contributed by atoms with Crippen molar-refractivity contribution in [1.82, 2.24) is 5.32 Å². The molecule has 0 aliphatic heterocycles. The summed E-state index contributed by atoms with van der Waals surface area (Å²) in [5.41, 5.74) is 5.31. The normalized spacial score (nSPS) is 12.2. The third kappa shape index (κ3) is 5.61. The van der Waals surface area contributed by atoms with Gasteiger partial charge >= 0.3 is 0 Å². The monoisotopic (exact) mass is 156 g/mol. The van der Waals surface area contributed by atoms with E-state index in [1.54, 1.807) is 6.08 Å². The summed E-state index contributed by atoms with van der Waals surface area (Å²) in [6, 6.07) is 0.0762. The molecule has 0 rings (SSSR count). The first kappa shape index (κ1) is 10.2. The quantitative estimate of drug-likeness (QED) is 0.567. The van der Waals surface area contributed by atoms with Crippen LogP contribution >= 0.6 is 0 Å². The zero-order chi connectivity index (χ0) is 8.69. The Morgan fingerprint density at radius 3 is 2.91 bits per heavy atom. The van der Waals surface area contributed by atoms with E-state index in [0.29, 0.717) is 13.0 Å². The second-order valence-electron chi connectivity index (χ2n) is 2.53. The fraction of sp³-hybridized carbons (Fsp3) is 0.625. The molecule has 1 atom stereocenters. The van der Waals surface area contributed by atoms with Crippen LogP contribution in [0.5, 0.6) is 0 Å². The summed E-state index contributed by atoms with van der Waals surface area (Å²) >= 11 is 0. The summed E-state index contributed by atoms with van der Waals surface area (Å²) in [6.45, 7) is 5.89. The van der Waals surface area contributed by atoms with Crippen LogP contribution in [-0.2, 0) is 4.79 Å². The molecule has 0 aliphatic carbocycles. The molecule has 0 bridgehead atoms. The van der Waals surface area contributed by atoms with Crippen LogP contribution in [-0.4, -0.2) is 18.5 Å². The first-order valence-corrected chi connectivity index (χ1v) is 3.81. The van der Waals surface area contributed by atoms with E-state index in [0.717, 1.165) is 6.42 Å². The number of hydrogen-bond acceptors (Lipinski definition) is 2. The second kappa shape index (κ2) is 5.92. The number of rotatable bonds is 5. The van der Waals surface area contributed by atoms with Crippen molar-refractivity contribution >= 4 is 5.91 Å². The van der Waals surface area contributed by atoms with Gasteiger partial charge in [-0.05, 0) is 13.3 Å². The molecule has 0 aromatic rings. The van der Waals surface area contributed by atoms with Crippen LogP contribution < -0.4 is 11.1 Å². The van der Waals surface area contributed by atoms with Crippen LogP contribution in [0.3, 0.4) is 0 Å². The van der Waals surface area contributed by atoms with E-state index in [-0.39, 0.29) is 11.9 Å². The summed E-state index contributed by atoms with van der Waals surface area (Å²) in [6.07, 6.45) is 2.96. The largest absolute Gasteiger partial charge is 0.352 e. The first-order valence-electron chi connectivity index (χ1n) is 3.81. The molecule has 1 amide bonds. The Labute approximate surface area is 67.7 Å². The smallest absolute Gasteiger partial charge is 0.220 e. The lowest BCUT2D eigenvalue weighted by atomic mass is 10.2. The molecule has 0 saturated carbocycles. The van der Waals surface area contributed by atoms with E-state index in [1.807, 2.05) is 6.92 Å². The number of carbonyl (C=O) groups is 1. The van der Waals surface area contributed by atoms with Crippen molar-refractivity contribution < 1.29 is 4.79 Å². The molecule has 0 aromatic heterocycles. The van der Waals surface area contributed by atoms with Gasteiger partial charge in [-0.25, -0.2) is 0 Å². The van der Waals surface area contributed by atoms with Gasteiger partial charge in [0, 0.05) is 19.0 Å². The summed E-state index contributed by atoms with van der Waals surface area (Å²) in [5.74, 6) is 0.0443. The van der Waals surface area contributed by atoms with Gasteiger partial charge in [-0.15, -0.1) is 6.58 Å². The van der Waals surface area contributed by atoms with E-state index in [4.69, 9.17) is 5.73 Å². The Balaban J connectivity index is 3.43. The molecule has 11 heavy (non-hydrogen) atoms. The van der Waals surface area contributed by atoms with Crippen molar-refractivity contribution in [2.24, 2.45) is 5.73 Å². The van der Waals surface area contributed by atoms with Gasteiger partial charge in [0.1, 0.15) is 0 Å². The fourth-order valence-corrected chi connectivity index (χ4v) is 0.639. The maximum Gasteiger partial charge on any atom is 0.220 e. The summed E-state index contributed by atoms with van der Waals surface area (Å²) < 4.78 is 0. The van der Waals surface area contributed by atoms with Gasteiger partial charge in [0.05, 0.1) is 0 Å². The lowest BCUT2D eigenvalue weighted by Gasteiger charge is -2.09. The number of nitrogens with one attached hydrogen (secondary N) is 1. The van der Waals surface area contributed by atoms with E-state index in [1.165, 1.54) is 0 Å². The van der Waals surface area contributed by atoms with Crippen molar-refractivity contribution in [3.05, 3.63) is 12.7 Å². The number of hydrogen-bond donors (Lipinski definition) is 2. The number of allylic oxidation sites excluding steroid dienone is 1. The number of carbonyl (C=O) groups excluding carboxylic acids is 1. The zero-order valence-electron chi connectivity index (χ0n) is 6.97. The molecule has 0 saturated heterocycles. The molecule has 0 radical (unpaired) electrons. The minimum atomic E-state index is 0.0443. The first-order chi connectivity index (χ1) is 5.20. The highest BCUT2D eigenvalue weighted by molar-refractivity contribution is 5.76. The van der Waals surface area contributed by atoms with Gasteiger partial charge in [0.15, 0.2) is 0 Å². The van der Waals surface area contributed by atoms with Crippen LogP contribution in [0.1, 0.15) is 19.8 Å². The number of nitrogens with two attached hydrogens (primary N) is 1. The molecule has 1 unspecified atom stereocenters. The van der Waals surface area contributed by atoms with Gasteiger partial charge < -0.3 is 11.1 Å². The van der Waals surface area contributed by atoms with Gasteiger partial charge in [0.25, 0.3) is 0 Å². The second-order valence-corrected chi connectivity index (χ2v) is 2.53. The summed E-state index contributed by atoms with van der Waals surface area (Å²) in [4.78, 5) is 11.0. The van der Waals surface area contributed by atoms with Crippen molar-refractivity contribution in [1.29, 1.82) is 0 Å². The predicted octanol–water partition coefficient (Wildman–Crippen LogP) is 0.416.